The third-order valence-electron chi connectivity index (χ3n) is 14.4. The predicted molar refractivity (Wildman–Crippen MR) is 222 cm³/mol. The van der Waals surface area contributed by atoms with Crippen LogP contribution in [0.3, 0.4) is 0 Å². The SMILES string of the molecule is C=CCO[C@H]1C[C@H]2O[C@H]3C[C@@H](C)[C@H]4O[C@H]5C[C@H]6O[C@@](C)(CCOCc7ccccc7)[C@H](OCc7ccccc7)C[C@]6(C)O[C@]5(C)CC[C@@H]4O[C@@H]3C[C@]2(C)O[C@@H]1C(=C)C. The Labute approximate surface area is 347 Å². The van der Waals surface area contributed by atoms with Crippen LogP contribution in [0.1, 0.15) is 104 Å². The summed E-state index contributed by atoms with van der Waals surface area (Å²) in [6.07, 6.45) is 6.63. The van der Waals surface area contributed by atoms with Crippen molar-refractivity contribution in [1.82, 2.24) is 0 Å². The van der Waals surface area contributed by atoms with E-state index in [2.05, 4.69) is 84.2 Å². The lowest BCUT2D eigenvalue weighted by Gasteiger charge is -2.59. The van der Waals surface area contributed by atoms with E-state index in [4.69, 9.17) is 42.6 Å². The maximum atomic E-state index is 7.36. The summed E-state index contributed by atoms with van der Waals surface area (Å²) in [4.78, 5) is 0. The molecule has 0 saturated carbocycles. The molecule has 58 heavy (non-hydrogen) atoms. The second-order valence-corrected chi connectivity index (χ2v) is 19.2. The van der Waals surface area contributed by atoms with Gasteiger partial charge in [0, 0.05) is 38.7 Å². The summed E-state index contributed by atoms with van der Waals surface area (Å²) >= 11 is 0. The smallest absolute Gasteiger partial charge is 0.105 e. The number of hydrogen-bond acceptors (Lipinski definition) is 9. The van der Waals surface area contributed by atoms with Gasteiger partial charge in [0.25, 0.3) is 0 Å². The lowest BCUT2D eigenvalue weighted by atomic mass is 9.73. The average Bonchev–Trinajstić information content (AvgIpc) is 3.41. The first-order valence-corrected chi connectivity index (χ1v) is 22.0. The zero-order chi connectivity index (χ0) is 40.7. The molecule has 6 aliphatic heterocycles. The second-order valence-electron chi connectivity index (χ2n) is 19.2. The van der Waals surface area contributed by atoms with Crippen LogP contribution >= 0.6 is 0 Å². The Bertz CT molecular complexity index is 1710. The van der Waals surface area contributed by atoms with Crippen molar-refractivity contribution in [3.8, 4) is 0 Å². The van der Waals surface area contributed by atoms with Crippen LogP contribution in [0.15, 0.2) is 85.5 Å². The first kappa shape index (κ1) is 42.3. The largest absolute Gasteiger partial charge is 0.377 e. The maximum absolute atomic E-state index is 7.36. The van der Waals surface area contributed by atoms with E-state index in [0.717, 1.165) is 55.2 Å². The molecule has 8 rings (SSSR count). The molecule has 0 N–H and O–H groups in total. The molecule has 15 atom stereocenters. The molecule has 6 heterocycles. The van der Waals surface area contributed by atoms with Crippen molar-refractivity contribution in [2.75, 3.05) is 13.2 Å². The molecule has 0 aromatic heterocycles. The molecule has 0 unspecified atom stereocenters. The average molecular weight is 801 g/mol. The number of benzene rings is 2. The third kappa shape index (κ3) is 8.68. The summed E-state index contributed by atoms with van der Waals surface area (Å²) in [5, 5.41) is 0. The van der Waals surface area contributed by atoms with E-state index < -0.39 is 22.4 Å². The van der Waals surface area contributed by atoms with Crippen molar-refractivity contribution in [2.45, 2.75) is 190 Å². The summed E-state index contributed by atoms with van der Waals surface area (Å²) < 4.78 is 62.1. The van der Waals surface area contributed by atoms with Crippen molar-refractivity contribution in [3.05, 3.63) is 96.6 Å². The van der Waals surface area contributed by atoms with E-state index in [-0.39, 0.29) is 67.0 Å². The number of fused-ring (bicyclic) bond motifs is 5. The minimum atomic E-state index is -0.584. The normalized spacial score (nSPS) is 43.6. The molecule has 6 fully saturated rings. The van der Waals surface area contributed by atoms with Crippen LogP contribution in [-0.4, -0.2) is 96.7 Å². The van der Waals surface area contributed by atoms with Crippen LogP contribution in [0.4, 0.5) is 0 Å². The molecule has 6 saturated heterocycles. The Balaban J connectivity index is 0.979. The second kappa shape index (κ2) is 17.1. The predicted octanol–water partition coefficient (Wildman–Crippen LogP) is 8.86. The van der Waals surface area contributed by atoms with E-state index in [9.17, 15) is 0 Å². The fourth-order valence-corrected chi connectivity index (χ4v) is 10.9. The summed E-state index contributed by atoms with van der Waals surface area (Å²) in [7, 11) is 0. The van der Waals surface area contributed by atoms with Gasteiger partial charge in [0.1, 0.15) is 6.10 Å². The zero-order valence-electron chi connectivity index (χ0n) is 35.8. The Morgan fingerprint density at radius 1 is 0.759 bits per heavy atom. The first-order valence-electron chi connectivity index (χ1n) is 22.0. The summed E-state index contributed by atoms with van der Waals surface area (Å²) in [5.41, 5.74) is 1.09. The molecule has 0 aliphatic carbocycles. The van der Waals surface area contributed by atoms with Gasteiger partial charge < -0.3 is 42.6 Å². The highest BCUT2D eigenvalue weighted by Crippen LogP contribution is 2.53. The van der Waals surface area contributed by atoms with Crippen LogP contribution < -0.4 is 0 Å². The van der Waals surface area contributed by atoms with Gasteiger partial charge in [-0.15, -0.1) is 6.58 Å². The van der Waals surface area contributed by atoms with Gasteiger partial charge >= 0.3 is 0 Å². The van der Waals surface area contributed by atoms with Crippen LogP contribution in [-0.2, 0) is 55.8 Å². The minimum Gasteiger partial charge on any atom is -0.377 e. The third-order valence-corrected chi connectivity index (χ3v) is 14.4. The topological polar surface area (TPSA) is 83.1 Å². The Morgan fingerprint density at radius 3 is 2.17 bits per heavy atom. The van der Waals surface area contributed by atoms with Crippen molar-refractivity contribution < 1.29 is 42.6 Å². The van der Waals surface area contributed by atoms with E-state index >= 15 is 0 Å². The number of hydrogen-bond donors (Lipinski definition) is 0. The molecule has 0 amide bonds. The molecule has 0 bridgehead atoms. The molecule has 9 nitrogen and oxygen atoms in total. The van der Waals surface area contributed by atoms with Gasteiger partial charge in [-0.3, -0.25) is 0 Å². The van der Waals surface area contributed by atoms with Gasteiger partial charge in [-0.1, -0.05) is 80.2 Å². The molecule has 6 aliphatic rings. The summed E-state index contributed by atoms with van der Waals surface area (Å²) in [5.74, 6) is 0.218. The molecule has 0 spiro atoms. The highest BCUT2D eigenvalue weighted by atomic mass is 16.6. The molecular formula is C49H68O9. The van der Waals surface area contributed by atoms with Crippen molar-refractivity contribution in [2.24, 2.45) is 5.92 Å². The monoisotopic (exact) mass is 800 g/mol. The van der Waals surface area contributed by atoms with Crippen LogP contribution in [0.25, 0.3) is 0 Å². The Morgan fingerprint density at radius 2 is 1.47 bits per heavy atom. The highest BCUT2D eigenvalue weighted by molar-refractivity contribution is 5.16. The molecule has 2 aromatic carbocycles. The van der Waals surface area contributed by atoms with E-state index in [1.165, 1.54) is 0 Å². The van der Waals surface area contributed by atoms with Gasteiger partial charge in [-0.2, -0.15) is 0 Å². The zero-order valence-corrected chi connectivity index (χ0v) is 35.8. The van der Waals surface area contributed by atoms with Crippen LogP contribution in [0, 0.1) is 5.92 Å². The quantitative estimate of drug-likeness (QED) is 0.155. The fourth-order valence-electron chi connectivity index (χ4n) is 10.9. The van der Waals surface area contributed by atoms with Crippen molar-refractivity contribution in [1.29, 1.82) is 0 Å². The first-order chi connectivity index (χ1) is 27.8. The fraction of sp³-hybridized carbons (Fsp3) is 0.673. The standard InChI is InChI=1S/C49H68O9/c1-9-23-51-38-26-40-48(7,57-44(38)32(2)3)28-39-37(54-40)25-33(4)45-36(53-39)20-21-47(6)41(55-45)27-42-49(8,58-47)29-43(52-31-35-18-14-11-15-19-35)46(5,56-42)22-24-50-30-34-16-12-10-13-17-34/h9-19,33,36-45H,1-2,20-31H2,3-8H3/t33-,36+,37+,38+,39-,40-,41+,42-,43-,44-,45-,46+,47-,48+,49+/m1/s1. The maximum Gasteiger partial charge on any atom is 0.105 e. The van der Waals surface area contributed by atoms with Gasteiger partial charge in [0.05, 0.1) is 97.2 Å². The molecular weight excluding hydrogens is 733 g/mol. The van der Waals surface area contributed by atoms with Crippen LogP contribution in [0.5, 0.6) is 0 Å². The number of rotatable bonds is 12. The van der Waals surface area contributed by atoms with E-state index in [1.54, 1.807) is 6.08 Å². The van der Waals surface area contributed by atoms with E-state index in [0.29, 0.717) is 39.3 Å². The van der Waals surface area contributed by atoms with Crippen molar-refractivity contribution in [3.63, 3.8) is 0 Å². The molecule has 318 valence electrons. The molecule has 2 aromatic rings. The molecule has 9 heteroatoms. The van der Waals surface area contributed by atoms with Gasteiger partial charge in [0.15, 0.2) is 0 Å². The number of ether oxygens (including phenoxy) is 9. The van der Waals surface area contributed by atoms with Gasteiger partial charge in [-0.05, 0) is 76.5 Å². The van der Waals surface area contributed by atoms with Gasteiger partial charge in [-0.25, -0.2) is 0 Å². The minimum absolute atomic E-state index is 0.0507. The lowest BCUT2D eigenvalue weighted by molar-refractivity contribution is -0.345. The van der Waals surface area contributed by atoms with Crippen LogP contribution in [0.2, 0.25) is 0 Å². The highest BCUT2D eigenvalue weighted by Gasteiger charge is 2.62. The Hall–Kier alpha value is -2.44. The lowest BCUT2D eigenvalue weighted by Crippen LogP contribution is -2.69. The molecule has 0 radical (unpaired) electrons. The van der Waals surface area contributed by atoms with E-state index in [1.807, 2.05) is 31.2 Å². The summed E-state index contributed by atoms with van der Waals surface area (Å²) in [6.45, 7) is 23.4. The van der Waals surface area contributed by atoms with Crippen molar-refractivity contribution >= 4 is 0 Å². The van der Waals surface area contributed by atoms with Gasteiger partial charge in [0.2, 0.25) is 0 Å². The Kier molecular flexibility index (Phi) is 12.5. The summed E-state index contributed by atoms with van der Waals surface area (Å²) in [6, 6.07) is 20.7.